The Bertz CT molecular complexity index is 1490. The zero-order chi connectivity index (χ0) is 23.1. The number of hydrogen-bond donors (Lipinski definition) is 1. The Morgan fingerprint density at radius 3 is 2.79 bits per heavy atom. The van der Waals surface area contributed by atoms with E-state index in [1.807, 2.05) is 38.1 Å². The van der Waals surface area contributed by atoms with Gasteiger partial charge in [0.15, 0.2) is 0 Å². The van der Waals surface area contributed by atoms with Crippen molar-refractivity contribution in [2.75, 3.05) is 6.61 Å². The molecule has 0 unspecified atom stereocenters. The summed E-state index contributed by atoms with van der Waals surface area (Å²) < 4.78 is 11.0. The zero-order valence-electron chi connectivity index (χ0n) is 17.9. The van der Waals surface area contributed by atoms with Crippen molar-refractivity contribution in [3.05, 3.63) is 85.2 Å². The van der Waals surface area contributed by atoms with Gasteiger partial charge in [0, 0.05) is 21.0 Å². The van der Waals surface area contributed by atoms with E-state index in [0.29, 0.717) is 37.9 Å². The van der Waals surface area contributed by atoms with Crippen molar-refractivity contribution in [1.82, 2.24) is 9.97 Å². The van der Waals surface area contributed by atoms with Crippen LogP contribution in [0, 0.1) is 13.8 Å². The summed E-state index contributed by atoms with van der Waals surface area (Å²) in [5.74, 6) is 0.411. The molecule has 0 spiro atoms. The summed E-state index contributed by atoms with van der Waals surface area (Å²) in [4.78, 5) is 34.4. The number of hydrogen-bond acceptors (Lipinski definition) is 6. The van der Waals surface area contributed by atoms with Crippen LogP contribution >= 0.6 is 22.9 Å². The lowest BCUT2D eigenvalue weighted by atomic mass is 10.0. The summed E-state index contributed by atoms with van der Waals surface area (Å²) in [6.45, 7) is 3.94. The quantitative estimate of drug-likeness (QED) is 0.395. The molecule has 1 aliphatic rings. The Hall–Kier alpha value is -3.42. The molecule has 4 aromatic rings. The summed E-state index contributed by atoms with van der Waals surface area (Å²) in [6, 6.07) is 13.3. The maximum absolute atomic E-state index is 12.9. The topological polar surface area (TPSA) is 81.3 Å². The molecular formula is C25H19ClN2O4S. The summed E-state index contributed by atoms with van der Waals surface area (Å²) >= 11 is 7.47. The Labute approximate surface area is 198 Å². The van der Waals surface area contributed by atoms with Crippen molar-refractivity contribution in [3.8, 4) is 16.9 Å². The Kier molecular flexibility index (Phi) is 5.52. The normalized spacial score (nSPS) is 12.8. The van der Waals surface area contributed by atoms with Crippen LogP contribution in [0.1, 0.15) is 21.8 Å². The van der Waals surface area contributed by atoms with E-state index in [9.17, 15) is 9.59 Å². The van der Waals surface area contributed by atoms with Crippen molar-refractivity contribution >= 4 is 45.2 Å². The third-order valence-electron chi connectivity index (χ3n) is 5.41. The maximum atomic E-state index is 12.9. The van der Waals surface area contributed by atoms with Gasteiger partial charge >= 0.3 is 5.97 Å². The molecule has 3 heterocycles. The van der Waals surface area contributed by atoms with Crippen LogP contribution in [0.25, 0.3) is 27.4 Å². The predicted molar refractivity (Wildman–Crippen MR) is 130 cm³/mol. The van der Waals surface area contributed by atoms with Crippen LogP contribution in [0.4, 0.5) is 0 Å². The Morgan fingerprint density at radius 1 is 1.21 bits per heavy atom. The van der Waals surface area contributed by atoms with E-state index in [1.165, 1.54) is 11.3 Å². The highest BCUT2D eigenvalue weighted by atomic mass is 35.5. The highest BCUT2D eigenvalue weighted by Gasteiger charge is 2.20. The molecule has 0 aliphatic carbocycles. The first-order valence-corrected chi connectivity index (χ1v) is 11.5. The van der Waals surface area contributed by atoms with Gasteiger partial charge in [-0.25, -0.2) is 9.78 Å². The van der Waals surface area contributed by atoms with Gasteiger partial charge in [0.25, 0.3) is 5.56 Å². The molecule has 6 nitrogen and oxygen atoms in total. The first-order chi connectivity index (χ1) is 15.9. The van der Waals surface area contributed by atoms with E-state index in [0.717, 1.165) is 21.6 Å². The second kappa shape index (κ2) is 8.50. The minimum atomic E-state index is -0.536. The number of halogens is 1. The average molecular weight is 479 g/mol. The fourth-order valence-electron chi connectivity index (χ4n) is 3.79. The summed E-state index contributed by atoms with van der Waals surface area (Å²) in [5, 5.41) is 1.10. The molecule has 2 aromatic carbocycles. The van der Waals surface area contributed by atoms with Crippen LogP contribution in [0.3, 0.4) is 0 Å². The van der Waals surface area contributed by atoms with Gasteiger partial charge in [-0.05, 0) is 43.7 Å². The monoisotopic (exact) mass is 478 g/mol. The number of esters is 1. The van der Waals surface area contributed by atoms with E-state index >= 15 is 0 Å². The number of aromatic amines is 1. The number of nitrogens with one attached hydrogen (secondary N) is 1. The van der Waals surface area contributed by atoms with E-state index in [-0.39, 0.29) is 18.8 Å². The van der Waals surface area contributed by atoms with Crippen LogP contribution in [0.5, 0.6) is 5.75 Å². The van der Waals surface area contributed by atoms with Crippen LogP contribution < -0.4 is 10.3 Å². The number of benzene rings is 2. The van der Waals surface area contributed by atoms with Gasteiger partial charge in [-0.15, -0.1) is 11.3 Å². The summed E-state index contributed by atoms with van der Waals surface area (Å²) in [7, 11) is 0. The van der Waals surface area contributed by atoms with Crippen LogP contribution in [-0.4, -0.2) is 22.5 Å². The molecule has 0 fully saturated rings. The Balaban J connectivity index is 1.39. The fraction of sp³-hybridized carbons (Fsp3) is 0.160. The number of nitrogens with zero attached hydrogens (tertiary/aromatic N) is 1. The van der Waals surface area contributed by atoms with Crippen LogP contribution in [0.15, 0.2) is 52.8 Å². The first kappa shape index (κ1) is 21.4. The molecule has 0 atom stereocenters. The zero-order valence-corrected chi connectivity index (χ0v) is 19.5. The molecule has 1 N–H and O–H groups in total. The molecule has 1 aliphatic heterocycles. The van der Waals surface area contributed by atoms with Crippen molar-refractivity contribution in [2.45, 2.75) is 20.5 Å². The number of thiophene rings is 1. The van der Waals surface area contributed by atoms with Crippen molar-refractivity contribution in [1.29, 1.82) is 0 Å². The third-order valence-corrected chi connectivity index (χ3v) is 6.65. The lowest BCUT2D eigenvalue weighted by molar-refractivity contribution is -0.140. The number of H-pyrrole nitrogens is 1. The number of rotatable bonds is 4. The number of aryl methyl sites for hydroxylation is 2. The smallest absolute Gasteiger partial charge is 0.337 e. The number of aromatic nitrogens is 2. The van der Waals surface area contributed by atoms with Gasteiger partial charge in [0.05, 0.1) is 11.0 Å². The van der Waals surface area contributed by atoms with Crippen LogP contribution in [-0.2, 0) is 16.1 Å². The Morgan fingerprint density at radius 2 is 2.00 bits per heavy atom. The standard InChI is InChI=1S/C25H19ClN2O4S/c1-13-3-5-15(6-4-13)21-14(2)33-24-22(21)23(29)27-20(28-24)12-32-25(30)17-9-16-10-18(26)7-8-19(16)31-11-17/h3-10H,11-12H2,1-2H3,(H,27,28,29). The number of carbonyl (C=O) groups is 1. The molecule has 0 saturated carbocycles. The third kappa shape index (κ3) is 4.17. The van der Waals surface area contributed by atoms with Crippen molar-refractivity contribution in [3.63, 3.8) is 0 Å². The minimum Gasteiger partial charge on any atom is -0.488 e. The van der Waals surface area contributed by atoms with Gasteiger partial charge in [0.2, 0.25) is 0 Å². The predicted octanol–water partition coefficient (Wildman–Crippen LogP) is 5.44. The van der Waals surface area contributed by atoms with E-state index in [1.54, 1.807) is 24.3 Å². The summed E-state index contributed by atoms with van der Waals surface area (Å²) in [6.07, 6.45) is 1.70. The van der Waals surface area contributed by atoms with Gasteiger partial charge in [-0.1, -0.05) is 41.4 Å². The average Bonchev–Trinajstić information content (AvgIpc) is 3.13. The van der Waals surface area contributed by atoms with Crippen molar-refractivity contribution < 1.29 is 14.3 Å². The highest BCUT2D eigenvalue weighted by Crippen LogP contribution is 2.35. The SMILES string of the molecule is Cc1ccc(-c2c(C)sc3nc(COC(=O)C4=Cc5cc(Cl)ccc5OC4)[nH]c(=O)c23)cc1. The maximum Gasteiger partial charge on any atom is 0.337 e. The second-order valence-corrected chi connectivity index (χ2v) is 9.45. The molecule has 2 aromatic heterocycles. The molecule has 0 saturated heterocycles. The van der Waals surface area contributed by atoms with Crippen LogP contribution in [0.2, 0.25) is 5.02 Å². The van der Waals surface area contributed by atoms with Gasteiger partial charge < -0.3 is 14.5 Å². The fourth-order valence-corrected chi connectivity index (χ4v) is 5.04. The van der Waals surface area contributed by atoms with Crippen molar-refractivity contribution in [2.24, 2.45) is 0 Å². The number of ether oxygens (including phenoxy) is 2. The second-order valence-electron chi connectivity index (χ2n) is 7.81. The molecule has 8 heteroatoms. The molecular weight excluding hydrogens is 460 g/mol. The van der Waals surface area contributed by atoms with E-state index < -0.39 is 5.97 Å². The van der Waals surface area contributed by atoms with Gasteiger partial charge in [-0.2, -0.15) is 0 Å². The first-order valence-electron chi connectivity index (χ1n) is 10.3. The van der Waals surface area contributed by atoms with Gasteiger partial charge in [-0.3, -0.25) is 4.79 Å². The largest absolute Gasteiger partial charge is 0.488 e. The molecule has 0 bridgehead atoms. The lowest BCUT2D eigenvalue weighted by Crippen LogP contribution is -2.19. The highest BCUT2D eigenvalue weighted by molar-refractivity contribution is 7.19. The molecule has 5 rings (SSSR count). The molecule has 0 amide bonds. The molecule has 0 radical (unpaired) electrons. The summed E-state index contributed by atoms with van der Waals surface area (Å²) in [5.41, 5.74) is 3.83. The van der Waals surface area contributed by atoms with E-state index in [2.05, 4.69) is 9.97 Å². The van der Waals surface area contributed by atoms with Gasteiger partial charge in [0.1, 0.15) is 29.6 Å². The van der Waals surface area contributed by atoms with E-state index in [4.69, 9.17) is 21.1 Å². The minimum absolute atomic E-state index is 0.0977. The lowest BCUT2D eigenvalue weighted by Gasteiger charge is -2.17. The number of fused-ring (bicyclic) bond motifs is 2. The molecule has 166 valence electrons. The number of carbonyl (C=O) groups excluding carboxylic acids is 1. The molecule has 33 heavy (non-hydrogen) atoms.